The van der Waals surface area contributed by atoms with Crippen LogP contribution in [0.4, 0.5) is 5.82 Å². The smallest absolute Gasteiger partial charge is 0.273 e. The first-order valence-corrected chi connectivity index (χ1v) is 5.42. The third-order valence-electron chi connectivity index (χ3n) is 2.66. The lowest BCUT2D eigenvalue weighted by molar-refractivity contribution is 0.0304. The van der Waals surface area contributed by atoms with Crippen LogP contribution >= 0.6 is 0 Å². The molecule has 2 heterocycles. The van der Waals surface area contributed by atoms with Crippen molar-refractivity contribution in [3.63, 3.8) is 0 Å². The van der Waals surface area contributed by atoms with Crippen molar-refractivity contribution in [2.75, 3.05) is 32.1 Å². The van der Waals surface area contributed by atoms with Gasteiger partial charge in [0.1, 0.15) is 0 Å². The van der Waals surface area contributed by atoms with Crippen molar-refractivity contribution in [3.05, 3.63) is 17.8 Å². The minimum absolute atomic E-state index is 0.167. The third-order valence-corrected chi connectivity index (χ3v) is 2.66. The molecular weight excluding hydrogens is 220 g/mol. The normalized spacial score (nSPS) is 17.5. The van der Waals surface area contributed by atoms with E-state index in [-0.39, 0.29) is 5.91 Å². The van der Waals surface area contributed by atoms with Gasteiger partial charge in [0.25, 0.3) is 5.91 Å². The van der Waals surface area contributed by atoms with Gasteiger partial charge in [-0.25, -0.2) is 0 Å². The first kappa shape index (κ1) is 11.8. The summed E-state index contributed by atoms with van der Waals surface area (Å²) in [6.45, 7) is 2.87. The van der Waals surface area contributed by atoms with Crippen LogP contribution in [0.15, 0.2) is 12.1 Å². The molecule has 0 atom stereocenters. The predicted molar refractivity (Wildman–Crippen MR) is 62.9 cm³/mol. The zero-order chi connectivity index (χ0) is 12.6. The van der Waals surface area contributed by atoms with Crippen molar-refractivity contribution in [3.8, 4) is 0 Å². The fraction of sp³-hybridized carbons (Fsp3) is 0.545. The Labute approximate surface area is 99.9 Å². The van der Waals surface area contributed by atoms with Gasteiger partial charge in [-0.05, 0) is 19.1 Å². The molecule has 0 unspecified atom stereocenters. The molecule has 6 nitrogen and oxygen atoms in total. The molecule has 1 amide bonds. The number of carbonyl (C=O) groups is 1. The zero-order valence-corrected chi connectivity index (χ0v) is 10.2. The Morgan fingerprint density at radius 1 is 1.41 bits per heavy atom. The molecule has 1 saturated heterocycles. The van der Waals surface area contributed by atoms with Crippen LogP contribution in [0.5, 0.6) is 0 Å². The molecule has 0 saturated carbocycles. The lowest BCUT2D eigenvalue weighted by atomic mass is 9.97. The number of anilines is 1. The van der Waals surface area contributed by atoms with Crippen LogP contribution in [0.2, 0.25) is 0 Å². The van der Waals surface area contributed by atoms with E-state index in [0.29, 0.717) is 24.6 Å². The van der Waals surface area contributed by atoms with Crippen LogP contribution in [0, 0.1) is 0 Å². The number of β-amino-alcohol motifs (C(OH)–C–C–N with tert-alkyl or cyclic N) is 1. The molecule has 1 fully saturated rings. The molecule has 0 spiro atoms. The van der Waals surface area contributed by atoms with Gasteiger partial charge >= 0.3 is 0 Å². The molecule has 1 aliphatic rings. The molecule has 17 heavy (non-hydrogen) atoms. The maximum atomic E-state index is 11.6. The quantitative estimate of drug-likeness (QED) is 0.766. The molecule has 92 valence electrons. The van der Waals surface area contributed by atoms with E-state index < -0.39 is 5.60 Å². The number of rotatable bonds is 2. The molecule has 0 aliphatic carbocycles. The molecular formula is C11H16N4O2. The highest BCUT2D eigenvalue weighted by atomic mass is 16.3. The van der Waals surface area contributed by atoms with E-state index in [0.717, 1.165) is 0 Å². The van der Waals surface area contributed by atoms with E-state index in [1.165, 1.54) is 4.90 Å². The molecule has 0 bridgehead atoms. The fourth-order valence-electron chi connectivity index (χ4n) is 1.78. The summed E-state index contributed by atoms with van der Waals surface area (Å²) in [5, 5.41) is 17.5. The predicted octanol–water partition coefficient (Wildman–Crippen LogP) is -0.251. The Balaban J connectivity index is 2.07. The number of hydrogen-bond acceptors (Lipinski definition) is 5. The van der Waals surface area contributed by atoms with Crippen molar-refractivity contribution in [2.45, 2.75) is 12.5 Å². The summed E-state index contributed by atoms with van der Waals surface area (Å²) in [5.41, 5.74) is -0.314. The van der Waals surface area contributed by atoms with Gasteiger partial charge in [-0.2, -0.15) is 0 Å². The van der Waals surface area contributed by atoms with Gasteiger partial charge in [-0.1, -0.05) is 0 Å². The second-order valence-electron chi connectivity index (χ2n) is 4.83. The van der Waals surface area contributed by atoms with E-state index in [9.17, 15) is 9.90 Å². The van der Waals surface area contributed by atoms with Crippen LogP contribution in [-0.4, -0.2) is 58.9 Å². The summed E-state index contributed by atoms with van der Waals surface area (Å²) in [6, 6.07) is 3.40. The van der Waals surface area contributed by atoms with E-state index in [1.54, 1.807) is 33.2 Å². The number of carbonyl (C=O) groups excluding carboxylic acids is 1. The van der Waals surface area contributed by atoms with E-state index in [4.69, 9.17) is 0 Å². The molecule has 2 rings (SSSR count). The number of amides is 1. The minimum Gasteiger partial charge on any atom is -0.386 e. The molecule has 1 aliphatic heterocycles. The zero-order valence-electron chi connectivity index (χ0n) is 10.2. The molecule has 6 heteroatoms. The van der Waals surface area contributed by atoms with Crippen LogP contribution in [0.1, 0.15) is 17.4 Å². The number of aromatic nitrogens is 2. The second-order valence-corrected chi connectivity index (χ2v) is 4.83. The van der Waals surface area contributed by atoms with Crippen LogP contribution in [0.3, 0.4) is 0 Å². The fourth-order valence-corrected chi connectivity index (χ4v) is 1.78. The lowest BCUT2D eigenvalue weighted by Crippen LogP contribution is -2.60. The second kappa shape index (κ2) is 3.96. The first-order valence-electron chi connectivity index (χ1n) is 5.42. The maximum absolute atomic E-state index is 11.6. The Kier molecular flexibility index (Phi) is 2.74. The number of aliphatic hydroxyl groups is 1. The largest absolute Gasteiger partial charge is 0.386 e. The highest BCUT2D eigenvalue weighted by Crippen LogP contribution is 2.24. The Morgan fingerprint density at radius 3 is 2.47 bits per heavy atom. The summed E-state index contributed by atoms with van der Waals surface area (Å²) in [5.74, 6) is 0.520. The monoisotopic (exact) mass is 236 g/mol. The molecule has 0 aromatic carbocycles. The van der Waals surface area contributed by atoms with Crippen LogP contribution in [0.25, 0.3) is 0 Å². The number of hydrogen-bond donors (Lipinski definition) is 1. The Morgan fingerprint density at radius 2 is 2.06 bits per heavy atom. The van der Waals surface area contributed by atoms with Gasteiger partial charge in [-0.15, -0.1) is 10.2 Å². The van der Waals surface area contributed by atoms with Gasteiger partial charge in [0.15, 0.2) is 11.5 Å². The third kappa shape index (κ3) is 2.36. The van der Waals surface area contributed by atoms with Gasteiger partial charge in [-0.3, -0.25) is 4.79 Å². The van der Waals surface area contributed by atoms with E-state index >= 15 is 0 Å². The van der Waals surface area contributed by atoms with E-state index in [2.05, 4.69) is 10.2 Å². The molecule has 1 aromatic heterocycles. The summed E-state index contributed by atoms with van der Waals surface area (Å²) in [4.78, 5) is 15.0. The first-order chi connectivity index (χ1) is 7.89. The van der Waals surface area contributed by atoms with Crippen molar-refractivity contribution in [1.29, 1.82) is 0 Å². The Hall–Kier alpha value is -1.69. The molecule has 1 N–H and O–H groups in total. The average Bonchev–Trinajstić information content (AvgIpc) is 2.25. The maximum Gasteiger partial charge on any atom is 0.273 e. The summed E-state index contributed by atoms with van der Waals surface area (Å²) in [6.07, 6.45) is 0. The summed E-state index contributed by atoms with van der Waals surface area (Å²) < 4.78 is 0. The van der Waals surface area contributed by atoms with E-state index in [1.807, 2.05) is 4.90 Å². The minimum atomic E-state index is -0.639. The highest BCUT2D eigenvalue weighted by Gasteiger charge is 2.37. The van der Waals surface area contributed by atoms with Crippen LogP contribution in [-0.2, 0) is 0 Å². The topological polar surface area (TPSA) is 69.6 Å². The summed E-state index contributed by atoms with van der Waals surface area (Å²) in [7, 11) is 3.34. The van der Waals surface area contributed by atoms with Gasteiger partial charge in [0.05, 0.1) is 5.60 Å². The Bertz CT molecular complexity index is 420. The van der Waals surface area contributed by atoms with Gasteiger partial charge in [0, 0.05) is 27.2 Å². The van der Waals surface area contributed by atoms with Crippen molar-refractivity contribution in [2.24, 2.45) is 0 Å². The van der Waals surface area contributed by atoms with Gasteiger partial charge in [0.2, 0.25) is 0 Å². The van der Waals surface area contributed by atoms with Crippen molar-refractivity contribution >= 4 is 11.7 Å². The molecule has 0 radical (unpaired) electrons. The number of nitrogens with zero attached hydrogens (tertiary/aromatic N) is 4. The standard InChI is InChI=1S/C11H16N4O2/c1-11(17)6-15(7-11)9-5-4-8(12-13-9)10(16)14(2)3/h4-5,17H,6-7H2,1-3H3. The average molecular weight is 236 g/mol. The van der Waals surface area contributed by atoms with Crippen LogP contribution < -0.4 is 4.90 Å². The lowest BCUT2D eigenvalue weighted by Gasteiger charge is -2.44. The van der Waals surface area contributed by atoms with Crippen molar-refractivity contribution < 1.29 is 9.90 Å². The SMILES string of the molecule is CN(C)C(=O)c1ccc(N2CC(C)(O)C2)nn1. The highest BCUT2D eigenvalue weighted by molar-refractivity contribution is 5.91. The molecule has 1 aromatic rings. The van der Waals surface area contributed by atoms with Gasteiger partial charge < -0.3 is 14.9 Å². The van der Waals surface area contributed by atoms with Crippen molar-refractivity contribution in [1.82, 2.24) is 15.1 Å². The summed E-state index contributed by atoms with van der Waals surface area (Å²) >= 11 is 0.